The van der Waals surface area contributed by atoms with Gasteiger partial charge in [-0.25, -0.2) is 4.99 Å². The van der Waals surface area contributed by atoms with Crippen LogP contribution in [0.25, 0.3) is 0 Å². The van der Waals surface area contributed by atoms with Gasteiger partial charge in [0.15, 0.2) is 5.17 Å². The first-order valence-corrected chi connectivity index (χ1v) is 6.22. The average molecular weight is 241 g/mol. The van der Waals surface area contributed by atoms with Crippen molar-refractivity contribution in [3.05, 3.63) is 28.8 Å². The van der Waals surface area contributed by atoms with Crippen molar-refractivity contribution in [3.63, 3.8) is 0 Å². The second-order valence-electron chi connectivity index (χ2n) is 3.60. The summed E-state index contributed by atoms with van der Waals surface area (Å²) in [6.45, 7) is 3.11. The molecule has 2 nitrogen and oxygen atoms in total. The Labute approximate surface area is 99.3 Å². The largest absolute Gasteiger partial charge is 0.353 e. The standard InChI is InChI=1S/C11H13ClN2S/c1-8-7-9(12)3-4-10(8)13-11-14(2)5-6-15-11/h3-4,7H,5-6H2,1-2H3. The van der Waals surface area contributed by atoms with Gasteiger partial charge in [0, 0.05) is 24.4 Å². The van der Waals surface area contributed by atoms with Gasteiger partial charge < -0.3 is 4.90 Å². The van der Waals surface area contributed by atoms with E-state index in [-0.39, 0.29) is 0 Å². The van der Waals surface area contributed by atoms with Gasteiger partial charge in [0.25, 0.3) is 0 Å². The van der Waals surface area contributed by atoms with Gasteiger partial charge >= 0.3 is 0 Å². The molecule has 0 saturated carbocycles. The van der Waals surface area contributed by atoms with E-state index < -0.39 is 0 Å². The molecule has 1 heterocycles. The molecule has 0 radical (unpaired) electrons. The Morgan fingerprint density at radius 3 is 2.87 bits per heavy atom. The van der Waals surface area contributed by atoms with Crippen molar-refractivity contribution in [2.45, 2.75) is 6.92 Å². The molecule has 1 fully saturated rings. The second kappa shape index (κ2) is 4.45. The molecule has 80 valence electrons. The van der Waals surface area contributed by atoms with Crippen LogP contribution in [0.15, 0.2) is 23.2 Å². The molecule has 1 aliphatic rings. The van der Waals surface area contributed by atoms with Crippen LogP contribution in [0.1, 0.15) is 5.56 Å². The summed E-state index contributed by atoms with van der Waals surface area (Å²) in [5.41, 5.74) is 2.13. The Morgan fingerprint density at radius 1 is 1.47 bits per heavy atom. The highest BCUT2D eigenvalue weighted by molar-refractivity contribution is 8.14. The smallest absolute Gasteiger partial charge is 0.164 e. The fraction of sp³-hybridized carbons (Fsp3) is 0.364. The molecule has 4 heteroatoms. The summed E-state index contributed by atoms with van der Waals surface area (Å²) in [7, 11) is 2.07. The van der Waals surface area contributed by atoms with Crippen molar-refractivity contribution in [2.75, 3.05) is 19.3 Å². The maximum atomic E-state index is 5.90. The highest BCUT2D eigenvalue weighted by atomic mass is 35.5. The van der Waals surface area contributed by atoms with Gasteiger partial charge in [0.05, 0.1) is 5.69 Å². The first kappa shape index (κ1) is 10.8. The van der Waals surface area contributed by atoms with Crippen molar-refractivity contribution in [3.8, 4) is 0 Å². The van der Waals surface area contributed by atoms with Crippen molar-refractivity contribution >= 4 is 34.2 Å². The maximum Gasteiger partial charge on any atom is 0.164 e. The van der Waals surface area contributed by atoms with E-state index in [2.05, 4.69) is 16.9 Å². The lowest BCUT2D eigenvalue weighted by Crippen LogP contribution is -2.17. The normalized spacial score (nSPS) is 18.9. The number of halogens is 1. The van der Waals surface area contributed by atoms with Crippen LogP contribution in [0, 0.1) is 6.92 Å². The summed E-state index contributed by atoms with van der Waals surface area (Å²) < 4.78 is 0. The van der Waals surface area contributed by atoms with Crippen molar-refractivity contribution in [2.24, 2.45) is 4.99 Å². The highest BCUT2D eigenvalue weighted by Crippen LogP contribution is 2.26. The molecule has 0 atom stereocenters. The molecule has 1 aliphatic heterocycles. The molecule has 1 saturated heterocycles. The van der Waals surface area contributed by atoms with Gasteiger partial charge in [-0.05, 0) is 30.7 Å². The van der Waals surface area contributed by atoms with Crippen molar-refractivity contribution in [1.29, 1.82) is 0 Å². The predicted molar refractivity (Wildman–Crippen MR) is 68.4 cm³/mol. The molecular formula is C11H13ClN2S. The number of aliphatic imine (C=N–C) groups is 1. The van der Waals surface area contributed by atoms with Crippen LogP contribution in [0.2, 0.25) is 5.02 Å². The summed E-state index contributed by atoms with van der Waals surface area (Å²) in [6.07, 6.45) is 0. The van der Waals surface area contributed by atoms with E-state index >= 15 is 0 Å². The summed E-state index contributed by atoms with van der Waals surface area (Å²) in [6, 6.07) is 5.80. The first-order valence-electron chi connectivity index (χ1n) is 4.85. The molecular weight excluding hydrogens is 228 g/mol. The molecule has 15 heavy (non-hydrogen) atoms. The Hall–Kier alpha value is -0.670. The van der Waals surface area contributed by atoms with E-state index in [0.29, 0.717) is 0 Å². The number of rotatable bonds is 1. The van der Waals surface area contributed by atoms with Gasteiger partial charge in [0.2, 0.25) is 0 Å². The third-order valence-corrected chi connectivity index (χ3v) is 3.64. The van der Waals surface area contributed by atoms with Gasteiger partial charge in [-0.1, -0.05) is 23.4 Å². The van der Waals surface area contributed by atoms with E-state index in [9.17, 15) is 0 Å². The van der Waals surface area contributed by atoms with E-state index in [1.165, 1.54) is 0 Å². The lowest BCUT2D eigenvalue weighted by Gasteiger charge is -2.10. The molecule has 2 rings (SSSR count). The van der Waals surface area contributed by atoms with E-state index in [1.54, 1.807) is 11.8 Å². The molecule has 0 spiro atoms. The zero-order valence-electron chi connectivity index (χ0n) is 8.83. The van der Waals surface area contributed by atoms with Crippen LogP contribution < -0.4 is 0 Å². The Balaban J connectivity index is 2.30. The summed E-state index contributed by atoms with van der Waals surface area (Å²) in [4.78, 5) is 6.81. The predicted octanol–water partition coefficient (Wildman–Crippen LogP) is 3.31. The number of thioether (sulfide) groups is 1. The fourth-order valence-corrected chi connectivity index (χ4v) is 2.69. The van der Waals surface area contributed by atoms with Gasteiger partial charge in [0.1, 0.15) is 0 Å². The van der Waals surface area contributed by atoms with Crippen molar-refractivity contribution in [1.82, 2.24) is 4.90 Å². The van der Waals surface area contributed by atoms with E-state index in [4.69, 9.17) is 11.6 Å². The molecule has 0 N–H and O–H groups in total. The first-order chi connectivity index (χ1) is 7.16. The van der Waals surface area contributed by atoms with Crippen LogP contribution in [0.4, 0.5) is 5.69 Å². The number of hydrogen-bond donors (Lipinski definition) is 0. The minimum Gasteiger partial charge on any atom is -0.353 e. The van der Waals surface area contributed by atoms with Crippen LogP contribution in [0.3, 0.4) is 0 Å². The molecule has 0 aromatic heterocycles. The minimum absolute atomic E-state index is 0.767. The summed E-state index contributed by atoms with van der Waals surface area (Å²) >= 11 is 7.70. The average Bonchev–Trinajstić information content (AvgIpc) is 2.57. The van der Waals surface area contributed by atoms with Gasteiger partial charge in [-0.3, -0.25) is 0 Å². The van der Waals surface area contributed by atoms with Crippen molar-refractivity contribution < 1.29 is 0 Å². The SMILES string of the molecule is Cc1cc(Cl)ccc1N=C1SCCN1C. The fourth-order valence-electron chi connectivity index (χ4n) is 1.44. The number of nitrogens with zero attached hydrogens (tertiary/aromatic N) is 2. The summed E-state index contributed by atoms with van der Waals surface area (Å²) in [5, 5.41) is 1.87. The van der Waals surface area contributed by atoms with Crippen LogP contribution >= 0.6 is 23.4 Å². The van der Waals surface area contributed by atoms with Gasteiger partial charge in [-0.2, -0.15) is 0 Å². The summed E-state index contributed by atoms with van der Waals surface area (Å²) in [5.74, 6) is 1.13. The van der Waals surface area contributed by atoms with Crippen LogP contribution in [-0.4, -0.2) is 29.4 Å². The molecule has 1 aromatic carbocycles. The lowest BCUT2D eigenvalue weighted by molar-refractivity contribution is 0.563. The lowest BCUT2D eigenvalue weighted by atomic mass is 10.2. The quantitative estimate of drug-likeness (QED) is 0.749. The Morgan fingerprint density at radius 2 is 2.27 bits per heavy atom. The molecule has 0 unspecified atom stereocenters. The second-order valence-corrected chi connectivity index (χ2v) is 5.09. The van der Waals surface area contributed by atoms with Crippen LogP contribution in [-0.2, 0) is 0 Å². The minimum atomic E-state index is 0.767. The maximum absolute atomic E-state index is 5.90. The molecule has 0 bridgehead atoms. The number of hydrogen-bond acceptors (Lipinski definition) is 2. The zero-order valence-corrected chi connectivity index (χ0v) is 10.4. The van der Waals surface area contributed by atoms with E-state index in [0.717, 1.165) is 33.7 Å². The molecule has 1 aromatic rings. The zero-order chi connectivity index (χ0) is 10.8. The Bertz CT molecular complexity index is 404. The highest BCUT2D eigenvalue weighted by Gasteiger charge is 2.15. The van der Waals surface area contributed by atoms with Crippen LogP contribution in [0.5, 0.6) is 0 Å². The molecule has 0 amide bonds. The number of benzene rings is 1. The third-order valence-electron chi connectivity index (χ3n) is 2.36. The monoisotopic (exact) mass is 240 g/mol. The number of aryl methyl sites for hydroxylation is 1. The third kappa shape index (κ3) is 2.47. The Kier molecular flexibility index (Phi) is 3.22. The van der Waals surface area contributed by atoms with E-state index in [1.807, 2.05) is 25.1 Å². The molecule has 0 aliphatic carbocycles. The number of amidine groups is 1. The topological polar surface area (TPSA) is 15.6 Å². The van der Waals surface area contributed by atoms with Gasteiger partial charge in [-0.15, -0.1) is 0 Å².